The number of rotatable bonds is 8. The molecule has 0 aromatic heterocycles. The summed E-state index contributed by atoms with van der Waals surface area (Å²) >= 11 is 0. The molecule has 0 spiro atoms. The van der Waals surface area contributed by atoms with Gasteiger partial charge in [0.05, 0.1) is 0 Å². The molecule has 0 radical (unpaired) electrons. The van der Waals surface area contributed by atoms with E-state index in [0.717, 1.165) is 27.1 Å². The SMILES string of the molecule is CC(=O)N[C@H](Cc1ccc(F)cc1)C(=O)N[C@@H](Cc1c2ccccc2cc2ccccc12)C(N)=O. The highest BCUT2D eigenvalue weighted by atomic mass is 19.1. The van der Waals surface area contributed by atoms with Gasteiger partial charge in [-0.15, -0.1) is 0 Å². The van der Waals surface area contributed by atoms with Crippen molar-refractivity contribution in [3.05, 3.63) is 95.8 Å². The van der Waals surface area contributed by atoms with Crippen molar-refractivity contribution < 1.29 is 18.8 Å². The maximum Gasteiger partial charge on any atom is 0.243 e. The van der Waals surface area contributed by atoms with E-state index in [1.165, 1.54) is 19.1 Å². The minimum absolute atomic E-state index is 0.133. The summed E-state index contributed by atoms with van der Waals surface area (Å²) in [7, 11) is 0. The third kappa shape index (κ3) is 5.63. The van der Waals surface area contributed by atoms with Crippen LogP contribution in [0.3, 0.4) is 0 Å². The van der Waals surface area contributed by atoms with E-state index in [-0.39, 0.29) is 12.8 Å². The van der Waals surface area contributed by atoms with E-state index < -0.39 is 35.6 Å². The molecule has 4 rings (SSSR count). The van der Waals surface area contributed by atoms with Crippen molar-refractivity contribution in [3.63, 3.8) is 0 Å². The van der Waals surface area contributed by atoms with Crippen LogP contribution in [0.1, 0.15) is 18.1 Å². The third-order valence-electron chi connectivity index (χ3n) is 6.00. The fourth-order valence-electron chi connectivity index (χ4n) is 4.34. The van der Waals surface area contributed by atoms with E-state index in [0.29, 0.717) is 5.56 Å². The summed E-state index contributed by atoms with van der Waals surface area (Å²) in [6.07, 6.45) is 0.320. The van der Waals surface area contributed by atoms with E-state index in [9.17, 15) is 18.8 Å². The lowest BCUT2D eigenvalue weighted by molar-refractivity contribution is -0.130. The summed E-state index contributed by atoms with van der Waals surface area (Å²) in [6.45, 7) is 1.30. The van der Waals surface area contributed by atoms with Crippen molar-refractivity contribution in [2.45, 2.75) is 31.8 Å². The molecular weight excluding hydrogens is 445 g/mol. The van der Waals surface area contributed by atoms with Crippen LogP contribution in [0.15, 0.2) is 78.9 Å². The van der Waals surface area contributed by atoms with Crippen LogP contribution < -0.4 is 16.4 Å². The summed E-state index contributed by atoms with van der Waals surface area (Å²) < 4.78 is 13.3. The van der Waals surface area contributed by atoms with E-state index in [2.05, 4.69) is 16.7 Å². The lowest BCUT2D eigenvalue weighted by atomic mass is 9.92. The van der Waals surface area contributed by atoms with Gasteiger partial charge in [-0.05, 0) is 50.9 Å². The zero-order chi connectivity index (χ0) is 24.9. The number of carbonyl (C=O) groups excluding carboxylic acids is 3. The number of halogens is 1. The van der Waals surface area contributed by atoms with Gasteiger partial charge in [0, 0.05) is 19.8 Å². The number of benzene rings is 4. The fourth-order valence-corrected chi connectivity index (χ4v) is 4.34. The van der Waals surface area contributed by atoms with Crippen LogP contribution in [0.5, 0.6) is 0 Å². The lowest BCUT2D eigenvalue weighted by Gasteiger charge is -2.23. The number of nitrogens with one attached hydrogen (secondary N) is 2. The molecule has 0 aliphatic heterocycles. The number of nitrogens with two attached hydrogens (primary N) is 1. The smallest absolute Gasteiger partial charge is 0.243 e. The number of primary amides is 1. The second kappa shape index (κ2) is 10.3. The van der Waals surface area contributed by atoms with Crippen molar-refractivity contribution in [1.82, 2.24) is 10.6 Å². The first-order valence-electron chi connectivity index (χ1n) is 11.3. The Balaban J connectivity index is 1.64. The molecule has 4 aromatic carbocycles. The Hall–Kier alpha value is -4.26. The average Bonchev–Trinajstić information content (AvgIpc) is 2.83. The van der Waals surface area contributed by atoms with Gasteiger partial charge in [-0.3, -0.25) is 14.4 Å². The van der Waals surface area contributed by atoms with E-state index >= 15 is 0 Å². The average molecular weight is 472 g/mol. The molecule has 35 heavy (non-hydrogen) atoms. The largest absolute Gasteiger partial charge is 0.368 e. The summed E-state index contributed by atoms with van der Waals surface area (Å²) in [5, 5.41) is 9.31. The lowest BCUT2D eigenvalue weighted by Crippen LogP contribution is -2.54. The normalized spacial score (nSPS) is 12.7. The van der Waals surface area contributed by atoms with Gasteiger partial charge in [0.25, 0.3) is 0 Å². The first kappa shape index (κ1) is 23.9. The molecule has 6 nitrogen and oxygen atoms in total. The van der Waals surface area contributed by atoms with E-state index in [4.69, 9.17) is 5.73 Å². The van der Waals surface area contributed by atoms with Crippen molar-refractivity contribution >= 4 is 39.3 Å². The van der Waals surface area contributed by atoms with E-state index in [1.54, 1.807) is 12.1 Å². The molecule has 0 aliphatic carbocycles. The Morgan fingerprint density at radius 2 is 1.37 bits per heavy atom. The minimum Gasteiger partial charge on any atom is -0.368 e. The predicted molar refractivity (Wildman–Crippen MR) is 134 cm³/mol. The van der Waals surface area contributed by atoms with Crippen LogP contribution in [-0.4, -0.2) is 29.8 Å². The zero-order valence-electron chi connectivity index (χ0n) is 19.3. The Bertz CT molecular complexity index is 1350. The van der Waals surface area contributed by atoms with Crippen LogP contribution in [-0.2, 0) is 27.2 Å². The van der Waals surface area contributed by atoms with Gasteiger partial charge in [0.2, 0.25) is 17.7 Å². The van der Waals surface area contributed by atoms with Crippen LogP contribution in [0, 0.1) is 5.82 Å². The molecule has 3 amide bonds. The highest BCUT2D eigenvalue weighted by molar-refractivity contribution is 6.03. The first-order valence-corrected chi connectivity index (χ1v) is 11.3. The highest BCUT2D eigenvalue weighted by Gasteiger charge is 2.26. The van der Waals surface area contributed by atoms with Crippen LogP contribution in [0.25, 0.3) is 21.5 Å². The maximum absolute atomic E-state index is 13.3. The molecule has 7 heteroatoms. The Kier molecular flexibility index (Phi) is 7.06. The summed E-state index contributed by atoms with van der Waals surface area (Å²) in [5.74, 6) is -2.02. The van der Waals surface area contributed by atoms with Crippen molar-refractivity contribution in [3.8, 4) is 0 Å². The number of fused-ring (bicyclic) bond motifs is 2. The molecular formula is C28H26FN3O3. The van der Waals surface area contributed by atoms with Gasteiger partial charge in [-0.25, -0.2) is 4.39 Å². The van der Waals surface area contributed by atoms with Gasteiger partial charge < -0.3 is 16.4 Å². The Morgan fingerprint density at radius 1 is 0.800 bits per heavy atom. The molecule has 2 atom stereocenters. The molecule has 0 fully saturated rings. The monoisotopic (exact) mass is 471 g/mol. The minimum atomic E-state index is -0.999. The molecule has 0 saturated carbocycles. The fraction of sp³-hybridized carbons (Fsp3) is 0.179. The molecule has 4 N–H and O–H groups in total. The third-order valence-corrected chi connectivity index (χ3v) is 6.00. The number of hydrogen-bond acceptors (Lipinski definition) is 3. The number of hydrogen-bond donors (Lipinski definition) is 3. The number of amides is 3. The molecule has 178 valence electrons. The second-order valence-corrected chi connectivity index (χ2v) is 8.55. The molecule has 0 saturated heterocycles. The van der Waals surface area contributed by atoms with Crippen molar-refractivity contribution in [1.29, 1.82) is 0 Å². The van der Waals surface area contributed by atoms with Crippen LogP contribution in [0.4, 0.5) is 4.39 Å². The first-order chi connectivity index (χ1) is 16.8. The molecule has 0 heterocycles. The van der Waals surface area contributed by atoms with E-state index in [1.807, 2.05) is 48.5 Å². The molecule has 0 bridgehead atoms. The highest BCUT2D eigenvalue weighted by Crippen LogP contribution is 2.29. The molecule has 0 aliphatic rings. The van der Waals surface area contributed by atoms with Crippen molar-refractivity contribution in [2.75, 3.05) is 0 Å². The number of carbonyl (C=O) groups is 3. The Morgan fingerprint density at radius 3 is 1.91 bits per heavy atom. The van der Waals surface area contributed by atoms with Gasteiger partial charge in [0.15, 0.2) is 0 Å². The topological polar surface area (TPSA) is 101 Å². The molecule has 0 unspecified atom stereocenters. The summed E-state index contributed by atoms with van der Waals surface area (Å²) in [6, 6.07) is 21.5. The molecule has 4 aromatic rings. The van der Waals surface area contributed by atoms with Crippen LogP contribution >= 0.6 is 0 Å². The predicted octanol–water partition coefficient (Wildman–Crippen LogP) is 3.39. The summed E-state index contributed by atoms with van der Waals surface area (Å²) in [4.78, 5) is 37.4. The second-order valence-electron chi connectivity index (χ2n) is 8.55. The summed E-state index contributed by atoms with van der Waals surface area (Å²) in [5.41, 5.74) is 7.27. The van der Waals surface area contributed by atoms with Crippen molar-refractivity contribution in [2.24, 2.45) is 5.73 Å². The van der Waals surface area contributed by atoms with Crippen LogP contribution in [0.2, 0.25) is 0 Å². The van der Waals surface area contributed by atoms with Gasteiger partial charge in [0.1, 0.15) is 17.9 Å². The van der Waals surface area contributed by atoms with Gasteiger partial charge in [-0.2, -0.15) is 0 Å². The zero-order valence-corrected chi connectivity index (χ0v) is 19.3. The Labute approximate surface area is 202 Å². The van der Waals surface area contributed by atoms with Gasteiger partial charge >= 0.3 is 0 Å². The van der Waals surface area contributed by atoms with Gasteiger partial charge in [-0.1, -0.05) is 60.7 Å². The maximum atomic E-state index is 13.3. The quantitative estimate of drug-likeness (QED) is 0.343. The standard InChI is InChI=1S/C28H26FN3O3/c1-17(33)31-26(14-18-10-12-21(29)13-11-18)28(35)32-25(27(30)34)16-24-22-8-4-2-6-19(22)15-20-7-3-5-9-23(20)24/h2-13,15,25-26H,14,16H2,1H3,(H2,30,34)(H,31,33)(H,32,35)/t25-,26+/m0/s1.